The number of allylic oxidation sites excluding steroid dienone is 1. The van der Waals surface area contributed by atoms with Gasteiger partial charge in [-0.3, -0.25) is 0 Å². The lowest BCUT2D eigenvalue weighted by Crippen LogP contribution is -2.48. The summed E-state index contributed by atoms with van der Waals surface area (Å²) in [6, 6.07) is 21.4. The summed E-state index contributed by atoms with van der Waals surface area (Å²) >= 11 is 0. The molecule has 0 saturated carbocycles. The topological polar surface area (TPSA) is 14.2 Å². The minimum Gasteiger partial charge on any atom is -0.490 e. The lowest BCUT2D eigenvalue weighted by atomic mass is 10.2. The molecule has 0 N–H and O–H groups in total. The van der Waals surface area contributed by atoms with E-state index in [0.29, 0.717) is 12.1 Å². The molecule has 2 nitrogen and oxygen atoms in total. The third-order valence-corrected chi connectivity index (χ3v) is 9.79. The summed E-state index contributed by atoms with van der Waals surface area (Å²) in [5.74, 6) is 1.00. The van der Waals surface area contributed by atoms with E-state index in [0.717, 1.165) is 5.75 Å². The van der Waals surface area contributed by atoms with Crippen molar-refractivity contribution in [2.45, 2.75) is 25.6 Å². The standard InChI is InChI=1S/C25H27NOSi/c1-5-17-27-23-13-9-10-14-24(23)28(3,4)25-19(2)18-22-21(25)15-16-26(22)20-11-7-6-8-12-20/h5-16,18,25H,1,17H2,2-4H3. The number of hydrogen-bond acceptors (Lipinski definition) is 1. The van der Waals surface area contributed by atoms with Gasteiger partial charge in [-0.25, -0.2) is 0 Å². The molecule has 1 aromatic heterocycles. The molecular formula is C25H27NOSi. The molecule has 1 unspecified atom stereocenters. The summed E-state index contributed by atoms with van der Waals surface area (Å²) in [5, 5.41) is 1.37. The van der Waals surface area contributed by atoms with E-state index < -0.39 is 8.07 Å². The predicted molar refractivity (Wildman–Crippen MR) is 121 cm³/mol. The average Bonchev–Trinajstić information content (AvgIpc) is 3.24. The van der Waals surface area contributed by atoms with Crippen LogP contribution in [0.5, 0.6) is 5.75 Å². The molecule has 2 aromatic carbocycles. The van der Waals surface area contributed by atoms with Gasteiger partial charge in [-0.2, -0.15) is 0 Å². The number of benzene rings is 2. The highest BCUT2D eigenvalue weighted by atomic mass is 28.3. The van der Waals surface area contributed by atoms with Crippen LogP contribution >= 0.6 is 0 Å². The van der Waals surface area contributed by atoms with Crippen molar-refractivity contribution < 1.29 is 4.74 Å². The van der Waals surface area contributed by atoms with E-state index in [-0.39, 0.29) is 0 Å². The average molecular weight is 386 g/mol. The minimum atomic E-state index is -1.88. The monoisotopic (exact) mass is 385 g/mol. The second kappa shape index (κ2) is 7.32. The highest BCUT2D eigenvalue weighted by Crippen LogP contribution is 2.43. The van der Waals surface area contributed by atoms with Crippen molar-refractivity contribution in [1.82, 2.24) is 4.57 Å². The first kappa shape index (κ1) is 18.6. The fraction of sp³-hybridized carbons (Fsp3) is 0.200. The van der Waals surface area contributed by atoms with Gasteiger partial charge in [-0.05, 0) is 48.0 Å². The summed E-state index contributed by atoms with van der Waals surface area (Å²) < 4.78 is 8.33. The first-order valence-corrected chi connectivity index (χ1v) is 12.9. The van der Waals surface area contributed by atoms with Gasteiger partial charge in [-0.15, -0.1) is 0 Å². The first-order chi connectivity index (χ1) is 13.5. The van der Waals surface area contributed by atoms with Gasteiger partial charge in [-0.1, -0.05) is 67.7 Å². The van der Waals surface area contributed by atoms with Crippen molar-refractivity contribution in [3.63, 3.8) is 0 Å². The van der Waals surface area contributed by atoms with Crippen LogP contribution in [0.1, 0.15) is 23.7 Å². The van der Waals surface area contributed by atoms with Crippen molar-refractivity contribution in [1.29, 1.82) is 0 Å². The lowest BCUT2D eigenvalue weighted by molar-refractivity contribution is 0.366. The summed E-state index contributed by atoms with van der Waals surface area (Å²) in [6.07, 6.45) is 6.39. The van der Waals surface area contributed by atoms with Crippen LogP contribution in [-0.2, 0) is 0 Å². The molecule has 0 spiro atoms. The van der Waals surface area contributed by atoms with Crippen molar-refractivity contribution in [2.75, 3.05) is 6.61 Å². The minimum absolute atomic E-state index is 0.445. The third kappa shape index (κ3) is 3.06. The molecule has 0 amide bonds. The molecule has 142 valence electrons. The Morgan fingerprint density at radius 3 is 2.50 bits per heavy atom. The molecule has 3 aromatic rings. The van der Waals surface area contributed by atoms with Gasteiger partial charge in [0.2, 0.25) is 0 Å². The second-order valence-corrected chi connectivity index (χ2v) is 12.6. The predicted octanol–water partition coefficient (Wildman–Crippen LogP) is 5.70. The Kier molecular flexibility index (Phi) is 4.86. The Morgan fingerprint density at radius 1 is 1.04 bits per heavy atom. The van der Waals surface area contributed by atoms with E-state index in [1.165, 1.54) is 27.7 Å². The summed E-state index contributed by atoms with van der Waals surface area (Å²) in [7, 11) is -1.88. The second-order valence-electron chi connectivity index (χ2n) is 8.00. The van der Waals surface area contributed by atoms with Crippen LogP contribution in [0.15, 0.2) is 85.1 Å². The van der Waals surface area contributed by atoms with Gasteiger partial charge in [0, 0.05) is 23.1 Å². The molecule has 0 saturated heterocycles. The SMILES string of the molecule is C=CCOc1ccccc1[Si](C)(C)C1C(C)=Cc2c1ccn2-c1ccccc1. The van der Waals surface area contributed by atoms with Crippen molar-refractivity contribution >= 4 is 19.3 Å². The van der Waals surface area contributed by atoms with Crippen molar-refractivity contribution in [3.05, 3.63) is 96.3 Å². The van der Waals surface area contributed by atoms with Crippen molar-refractivity contribution in [3.8, 4) is 11.4 Å². The van der Waals surface area contributed by atoms with Crippen molar-refractivity contribution in [2.24, 2.45) is 0 Å². The number of hydrogen-bond donors (Lipinski definition) is 0. The Morgan fingerprint density at radius 2 is 1.75 bits per heavy atom. The zero-order valence-electron chi connectivity index (χ0n) is 16.9. The van der Waals surface area contributed by atoms with Gasteiger partial charge >= 0.3 is 0 Å². The maximum atomic E-state index is 6.02. The Bertz CT molecular complexity index is 1030. The fourth-order valence-corrected chi connectivity index (χ4v) is 8.47. The van der Waals surface area contributed by atoms with E-state index in [1.54, 1.807) is 0 Å². The number of aromatic nitrogens is 1. The van der Waals surface area contributed by atoms with Crippen LogP contribution in [0.3, 0.4) is 0 Å². The van der Waals surface area contributed by atoms with Gasteiger partial charge in [0.25, 0.3) is 0 Å². The largest absolute Gasteiger partial charge is 0.490 e. The van der Waals surface area contributed by atoms with E-state index in [2.05, 4.69) is 104 Å². The Balaban J connectivity index is 1.77. The van der Waals surface area contributed by atoms with Crippen LogP contribution in [0, 0.1) is 0 Å². The Labute approximate surface area is 168 Å². The quantitative estimate of drug-likeness (QED) is 0.392. The molecule has 28 heavy (non-hydrogen) atoms. The van der Waals surface area contributed by atoms with E-state index >= 15 is 0 Å². The van der Waals surface area contributed by atoms with Crippen LogP contribution in [0.25, 0.3) is 11.8 Å². The molecule has 0 bridgehead atoms. The highest BCUT2D eigenvalue weighted by molar-refractivity contribution is 6.92. The zero-order valence-corrected chi connectivity index (χ0v) is 17.9. The smallest absolute Gasteiger partial charge is 0.119 e. The maximum Gasteiger partial charge on any atom is 0.119 e. The zero-order chi connectivity index (χ0) is 19.7. The van der Waals surface area contributed by atoms with Crippen LogP contribution in [0.2, 0.25) is 13.1 Å². The molecule has 0 fully saturated rings. The summed E-state index contributed by atoms with van der Waals surface area (Å²) in [4.78, 5) is 0. The number of nitrogens with zero attached hydrogens (tertiary/aromatic N) is 1. The number of fused-ring (bicyclic) bond motifs is 1. The number of rotatable bonds is 6. The van der Waals surface area contributed by atoms with Gasteiger partial charge in [0.1, 0.15) is 12.4 Å². The molecule has 4 rings (SSSR count). The molecule has 0 radical (unpaired) electrons. The normalized spacial score (nSPS) is 15.8. The molecular weight excluding hydrogens is 358 g/mol. The molecule has 3 heteroatoms. The van der Waals surface area contributed by atoms with Crippen LogP contribution in [0.4, 0.5) is 0 Å². The van der Waals surface area contributed by atoms with Gasteiger partial charge in [0.15, 0.2) is 0 Å². The maximum absolute atomic E-state index is 6.02. The molecule has 0 aliphatic heterocycles. The molecule has 1 aliphatic carbocycles. The highest BCUT2D eigenvalue weighted by Gasteiger charge is 2.42. The molecule has 1 heterocycles. The van der Waals surface area contributed by atoms with E-state index in [4.69, 9.17) is 4.74 Å². The molecule has 1 aliphatic rings. The van der Waals surface area contributed by atoms with Crippen LogP contribution < -0.4 is 9.92 Å². The summed E-state index contributed by atoms with van der Waals surface area (Å²) in [6.45, 7) is 11.5. The Hall–Kier alpha value is -2.78. The third-order valence-electron chi connectivity index (χ3n) is 5.78. The van der Waals surface area contributed by atoms with Crippen LogP contribution in [-0.4, -0.2) is 19.2 Å². The first-order valence-electron chi connectivity index (χ1n) is 9.82. The van der Waals surface area contributed by atoms with E-state index in [9.17, 15) is 0 Å². The summed E-state index contributed by atoms with van der Waals surface area (Å²) in [5.41, 5.74) is 5.87. The fourth-order valence-electron chi connectivity index (χ4n) is 4.60. The van der Waals surface area contributed by atoms with E-state index in [1.807, 2.05) is 6.08 Å². The lowest BCUT2D eigenvalue weighted by Gasteiger charge is -2.33. The van der Waals surface area contributed by atoms with Gasteiger partial charge < -0.3 is 9.30 Å². The van der Waals surface area contributed by atoms with Gasteiger partial charge in [0.05, 0.1) is 8.07 Å². The molecule has 1 atom stereocenters. The number of ether oxygens (including phenoxy) is 1. The number of para-hydroxylation sites is 2.